The molecule has 0 saturated carbocycles. The molecule has 0 bridgehead atoms. The first kappa shape index (κ1) is 10.4. The van der Waals surface area contributed by atoms with Gasteiger partial charge in [0.15, 0.2) is 0 Å². The summed E-state index contributed by atoms with van der Waals surface area (Å²) in [6.07, 6.45) is 1.76. The fourth-order valence-electron chi connectivity index (χ4n) is 1.62. The number of hydrogen-bond donors (Lipinski definition) is 0. The summed E-state index contributed by atoms with van der Waals surface area (Å²) in [5.74, 6) is 6.18. The fraction of sp³-hybridized carbons (Fsp3) is 0.133. The molecule has 16 heavy (non-hydrogen) atoms. The van der Waals surface area contributed by atoms with Crippen molar-refractivity contribution in [2.24, 2.45) is 0 Å². The zero-order chi connectivity index (χ0) is 11.4. The highest BCUT2D eigenvalue weighted by Crippen LogP contribution is 2.07. The van der Waals surface area contributed by atoms with Crippen molar-refractivity contribution < 1.29 is 0 Å². The normalized spacial score (nSPS) is 9.38. The molecule has 1 aromatic heterocycles. The molecule has 0 spiro atoms. The molecule has 0 N–H and O–H groups in total. The van der Waals surface area contributed by atoms with Gasteiger partial charge in [-0.1, -0.05) is 18.1 Å². The molecule has 0 amide bonds. The van der Waals surface area contributed by atoms with Gasteiger partial charge >= 0.3 is 0 Å². The van der Waals surface area contributed by atoms with Crippen LogP contribution in [0.1, 0.15) is 22.4 Å². The maximum Gasteiger partial charge on any atom is 0.113 e. The van der Waals surface area contributed by atoms with Gasteiger partial charge in [0.25, 0.3) is 0 Å². The van der Waals surface area contributed by atoms with E-state index in [0.717, 1.165) is 11.3 Å². The molecule has 1 heteroatoms. The number of pyridine rings is 1. The molecule has 0 fully saturated rings. The van der Waals surface area contributed by atoms with Crippen LogP contribution in [0.5, 0.6) is 0 Å². The van der Waals surface area contributed by atoms with Crippen LogP contribution in [0.2, 0.25) is 0 Å². The van der Waals surface area contributed by atoms with Crippen molar-refractivity contribution >= 4 is 0 Å². The minimum atomic E-state index is 0.807. The minimum Gasteiger partial charge on any atom is -0.248 e. The van der Waals surface area contributed by atoms with E-state index in [-0.39, 0.29) is 0 Å². The molecule has 1 nitrogen and oxygen atoms in total. The van der Waals surface area contributed by atoms with E-state index in [4.69, 9.17) is 0 Å². The van der Waals surface area contributed by atoms with Crippen LogP contribution in [0.25, 0.3) is 0 Å². The van der Waals surface area contributed by atoms with Gasteiger partial charge in [0.1, 0.15) is 5.69 Å². The molecule has 2 rings (SSSR count). The molecule has 0 saturated heterocycles. The Kier molecular flexibility index (Phi) is 3.03. The Bertz CT molecular complexity index is 524. The van der Waals surface area contributed by atoms with Crippen LogP contribution in [-0.2, 0) is 0 Å². The monoisotopic (exact) mass is 207 g/mol. The van der Waals surface area contributed by atoms with Crippen LogP contribution in [0.3, 0.4) is 0 Å². The SMILES string of the molecule is Cc1cc(C)cc(C#Cc2ccccn2)c1. The van der Waals surface area contributed by atoms with Gasteiger partial charge in [0, 0.05) is 11.8 Å². The van der Waals surface area contributed by atoms with Gasteiger partial charge in [-0.25, -0.2) is 4.98 Å². The van der Waals surface area contributed by atoms with Crippen molar-refractivity contribution in [1.82, 2.24) is 4.98 Å². The van der Waals surface area contributed by atoms with E-state index in [0.29, 0.717) is 0 Å². The maximum absolute atomic E-state index is 4.17. The zero-order valence-electron chi connectivity index (χ0n) is 9.49. The second-order valence-corrected chi connectivity index (χ2v) is 3.84. The largest absolute Gasteiger partial charge is 0.248 e. The predicted octanol–water partition coefficient (Wildman–Crippen LogP) is 3.10. The quantitative estimate of drug-likeness (QED) is 0.605. The predicted molar refractivity (Wildman–Crippen MR) is 66.1 cm³/mol. The minimum absolute atomic E-state index is 0.807. The number of benzene rings is 1. The van der Waals surface area contributed by atoms with E-state index in [1.807, 2.05) is 18.2 Å². The van der Waals surface area contributed by atoms with E-state index in [2.05, 4.69) is 48.9 Å². The van der Waals surface area contributed by atoms with Crippen LogP contribution in [0, 0.1) is 25.7 Å². The Hall–Kier alpha value is -2.07. The lowest BCUT2D eigenvalue weighted by Gasteiger charge is -1.97. The summed E-state index contributed by atoms with van der Waals surface area (Å²) in [4.78, 5) is 4.17. The van der Waals surface area contributed by atoms with Crippen molar-refractivity contribution in [3.8, 4) is 11.8 Å². The van der Waals surface area contributed by atoms with Gasteiger partial charge in [0.05, 0.1) is 0 Å². The summed E-state index contributed by atoms with van der Waals surface area (Å²) in [6.45, 7) is 4.16. The standard InChI is InChI=1S/C15H13N/c1-12-9-13(2)11-14(10-12)6-7-15-5-3-4-8-16-15/h3-5,8-11H,1-2H3. The second-order valence-electron chi connectivity index (χ2n) is 3.84. The lowest BCUT2D eigenvalue weighted by Crippen LogP contribution is -1.82. The van der Waals surface area contributed by atoms with Crippen molar-refractivity contribution in [3.63, 3.8) is 0 Å². The van der Waals surface area contributed by atoms with Gasteiger partial charge < -0.3 is 0 Å². The molecular weight excluding hydrogens is 194 g/mol. The molecule has 0 aliphatic heterocycles. The van der Waals surface area contributed by atoms with Crippen molar-refractivity contribution in [3.05, 3.63) is 65.0 Å². The first-order valence-corrected chi connectivity index (χ1v) is 5.25. The number of hydrogen-bond acceptors (Lipinski definition) is 1. The number of nitrogens with zero attached hydrogens (tertiary/aromatic N) is 1. The van der Waals surface area contributed by atoms with Gasteiger partial charge in [-0.15, -0.1) is 0 Å². The van der Waals surface area contributed by atoms with Crippen molar-refractivity contribution in [2.75, 3.05) is 0 Å². The van der Waals surface area contributed by atoms with Crippen LogP contribution in [-0.4, -0.2) is 4.98 Å². The molecule has 2 aromatic rings. The average Bonchev–Trinajstić information content (AvgIpc) is 2.27. The molecule has 0 aliphatic rings. The van der Waals surface area contributed by atoms with Crippen LogP contribution in [0.4, 0.5) is 0 Å². The Balaban J connectivity index is 2.31. The summed E-state index contributed by atoms with van der Waals surface area (Å²) in [5.41, 5.74) is 4.33. The Labute approximate surface area is 96.2 Å². The third-order valence-corrected chi connectivity index (χ3v) is 2.22. The summed E-state index contributed by atoms with van der Waals surface area (Å²) in [6, 6.07) is 12.1. The highest BCUT2D eigenvalue weighted by atomic mass is 14.6. The summed E-state index contributed by atoms with van der Waals surface area (Å²) >= 11 is 0. The van der Waals surface area contributed by atoms with Gasteiger partial charge in [0.2, 0.25) is 0 Å². The van der Waals surface area contributed by atoms with Gasteiger partial charge in [-0.3, -0.25) is 0 Å². The molecule has 1 heterocycles. The summed E-state index contributed by atoms with van der Waals surface area (Å²) in [7, 11) is 0. The lowest BCUT2D eigenvalue weighted by molar-refractivity contribution is 1.29. The molecule has 1 aromatic carbocycles. The Morgan fingerprint density at radius 2 is 1.69 bits per heavy atom. The van der Waals surface area contributed by atoms with Gasteiger partial charge in [-0.2, -0.15) is 0 Å². The number of rotatable bonds is 0. The zero-order valence-corrected chi connectivity index (χ0v) is 9.49. The molecule has 0 aliphatic carbocycles. The summed E-state index contributed by atoms with van der Waals surface area (Å²) < 4.78 is 0. The molecule has 78 valence electrons. The Morgan fingerprint density at radius 1 is 0.938 bits per heavy atom. The van der Waals surface area contributed by atoms with Crippen molar-refractivity contribution in [2.45, 2.75) is 13.8 Å². The van der Waals surface area contributed by atoms with E-state index >= 15 is 0 Å². The first-order chi connectivity index (χ1) is 7.74. The van der Waals surface area contributed by atoms with Crippen LogP contribution in [0.15, 0.2) is 42.6 Å². The fourth-order valence-corrected chi connectivity index (χ4v) is 1.62. The van der Waals surface area contributed by atoms with Crippen LogP contribution >= 0.6 is 0 Å². The topological polar surface area (TPSA) is 12.9 Å². The molecule has 0 atom stereocenters. The second kappa shape index (κ2) is 4.63. The highest BCUT2D eigenvalue weighted by Gasteiger charge is 1.92. The number of aromatic nitrogens is 1. The smallest absolute Gasteiger partial charge is 0.113 e. The van der Waals surface area contributed by atoms with Crippen LogP contribution < -0.4 is 0 Å². The lowest BCUT2D eigenvalue weighted by atomic mass is 10.1. The van der Waals surface area contributed by atoms with E-state index in [1.54, 1.807) is 6.20 Å². The molecule has 0 radical (unpaired) electrons. The van der Waals surface area contributed by atoms with Gasteiger partial charge in [-0.05, 0) is 55.2 Å². The molecule has 0 unspecified atom stereocenters. The highest BCUT2D eigenvalue weighted by molar-refractivity contribution is 5.43. The third kappa shape index (κ3) is 2.71. The maximum atomic E-state index is 4.17. The van der Waals surface area contributed by atoms with E-state index in [1.165, 1.54) is 11.1 Å². The average molecular weight is 207 g/mol. The van der Waals surface area contributed by atoms with Crippen molar-refractivity contribution in [1.29, 1.82) is 0 Å². The third-order valence-electron chi connectivity index (χ3n) is 2.22. The van der Waals surface area contributed by atoms with E-state index in [9.17, 15) is 0 Å². The number of aryl methyl sites for hydroxylation is 2. The molecular formula is C15H13N. The Morgan fingerprint density at radius 3 is 2.31 bits per heavy atom. The van der Waals surface area contributed by atoms with E-state index < -0.39 is 0 Å². The first-order valence-electron chi connectivity index (χ1n) is 5.25. The summed E-state index contributed by atoms with van der Waals surface area (Å²) in [5, 5.41) is 0.